The largest absolute Gasteiger partial charge is 0.346 e. The minimum atomic E-state index is 0.594. The van der Waals surface area contributed by atoms with E-state index in [1.165, 1.54) is 12.0 Å². The summed E-state index contributed by atoms with van der Waals surface area (Å²) in [7, 11) is 1.66. The average molecular weight is 472 g/mol. The first-order chi connectivity index (χ1) is 15.0. The van der Waals surface area contributed by atoms with E-state index in [9.17, 15) is 0 Å². The number of nitrogens with one attached hydrogen (secondary N) is 2. The van der Waals surface area contributed by atoms with Crippen LogP contribution in [0.15, 0.2) is 99.4 Å². The van der Waals surface area contributed by atoms with E-state index >= 15 is 0 Å². The summed E-state index contributed by atoms with van der Waals surface area (Å²) in [5, 5.41) is 11.4. The second-order valence-electron chi connectivity index (χ2n) is 6.41. The fourth-order valence-electron chi connectivity index (χ4n) is 2.37. The molecule has 0 unspecified atom stereocenters. The molecule has 3 rings (SSSR count). The maximum Gasteiger partial charge on any atom is 0.129 e. The van der Waals surface area contributed by atoms with Crippen molar-refractivity contribution < 1.29 is 4.18 Å². The molecule has 1 aliphatic carbocycles. The summed E-state index contributed by atoms with van der Waals surface area (Å²) in [5.41, 5.74) is 1.56. The highest BCUT2D eigenvalue weighted by molar-refractivity contribution is 8.03. The molecule has 1 heterocycles. The zero-order chi connectivity index (χ0) is 22.5. The number of aromatic nitrogens is 1. The van der Waals surface area contributed by atoms with Crippen LogP contribution in [0, 0.1) is 5.41 Å². The van der Waals surface area contributed by atoms with Crippen molar-refractivity contribution in [2.75, 3.05) is 12.4 Å². The summed E-state index contributed by atoms with van der Waals surface area (Å²) >= 11 is 8.90. The predicted octanol–water partition coefficient (Wildman–Crippen LogP) is 7.89. The third kappa shape index (κ3) is 10.1. The fourth-order valence-corrected chi connectivity index (χ4v) is 3.76. The van der Waals surface area contributed by atoms with Gasteiger partial charge in [-0.1, -0.05) is 47.7 Å². The second kappa shape index (κ2) is 13.9. The first-order valence-electron chi connectivity index (χ1n) is 9.59. The van der Waals surface area contributed by atoms with Gasteiger partial charge in [0.15, 0.2) is 0 Å². The Bertz CT molecular complexity index is 968. The SMILES string of the molecule is C/C(=C\Nc1ccccn1)Sc1ccc(Cl)cc1.COSC1=CC=C(C(C)=N)C=CC1. The van der Waals surface area contributed by atoms with Gasteiger partial charge in [-0.05, 0) is 68.3 Å². The van der Waals surface area contributed by atoms with Crippen molar-refractivity contribution in [2.45, 2.75) is 25.2 Å². The number of hydrogen-bond acceptors (Lipinski definition) is 6. The van der Waals surface area contributed by atoms with Gasteiger partial charge in [0, 0.05) is 49.9 Å². The molecular weight excluding hydrogens is 446 g/mol. The van der Waals surface area contributed by atoms with Crippen molar-refractivity contribution in [3.05, 3.63) is 99.6 Å². The van der Waals surface area contributed by atoms with Gasteiger partial charge in [0.1, 0.15) is 5.82 Å². The lowest BCUT2D eigenvalue weighted by Gasteiger charge is -2.03. The zero-order valence-electron chi connectivity index (χ0n) is 17.8. The van der Waals surface area contributed by atoms with Gasteiger partial charge in [-0.2, -0.15) is 0 Å². The third-order valence-electron chi connectivity index (χ3n) is 3.87. The van der Waals surface area contributed by atoms with Crippen molar-refractivity contribution in [1.82, 2.24) is 4.98 Å². The summed E-state index contributed by atoms with van der Waals surface area (Å²) in [6.45, 7) is 3.84. The number of allylic oxidation sites excluding steroid dienone is 7. The molecule has 0 radical (unpaired) electrons. The van der Waals surface area contributed by atoms with Gasteiger partial charge in [-0.15, -0.1) is 0 Å². The topological polar surface area (TPSA) is 58.0 Å². The molecule has 2 aromatic rings. The Balaban J connectivity index is 0.000000233. The average Bonchev–Trinajstić information content (AvgIpc) is 3.01. The number of pyridine rings is 1. The highest BCUT2D eigenvalue weighted by Crippen LogP contribution is 2.27. The molecule has 0 saturated carbocycles. The summed E-state index contributed by atoms with van der Waals surface area (Å²) in [6.07, 6.45) is 12.6. The number of anilines is 1. The Kier molecular flexibility index (Phi) is 11.2. The van der Waals surface area contributed by atoms with E-state index in [0.29, 0.717) is 5.71 Å². The number of thioether (sulfide) groups is 1. The summed E-state index contributed by atoms with van der Waals surface area (Å²) in [4.78, 5) is 7.67. The van der Waals surface area contributed by atoms with Crippen LogP contribution in [0.2, 0.25) is 5.02 Å². The van der Waals surface area contributed by atoms with Gasteiger partial charge in [0.25, 0.3) is 0 Å². The van der Waals surface area contributed by atoms with Crippen LogP contribution in [0.5, 0.6) is 0 Å². The van der Waals surface area contributed by atoms with E-state index in [1.54, 1.807) is 32.0 Å². The van der Waals surface area contributed by atoms with Gasteiger partial charge < -0.3 is 14.9 Å². The molecule has 162 valence electrons. The molecule has 1 aromatic heterocycles. The number of nitrogens with zero attached hydrogens (tertiary/aromatic N) is 1. The van der Waals surface area contributed by atoms with Gasteiger partial charge in [-0.3, -0.25) is 0 Å². The van der Waals surface area contributed by atoms with Gasteiger partial charge in [0.2, 0.25) is 0 Å². The van der Waals surface area contributed by atoms with E-state index < -0.39 is 0 Å². The first kappa shape index (κ1) is 25.0. The molecule has 0 spiro atoms. The van der Waals surface area contributed by atoms with Gasteiger partial charge in [-0.25, -0.2) is 4.98 Å². The molecule has 0 amide bonds. The molecule has 0 aliphatic heterocycles. The molecule has 1 aromatic carbocycles. The lowest BCUT2D eigenvalue weighted by Crippen LogP contribution is -1.90. The van der Waals surface area contributed by atoms with Crippen molar-refractivity contribution in [3.63, 3.8) is 0 Å². The molecular formula is C24H26ClN3OS2. The van der Waals surface area contributed by atoms with Crippen LogP contribution in [0.1, 0.15) is 20.3 Å². The van der Waals surface area contributed by atoms with E-state index in [-0.39, 0.29) is 0 Å². The Morgan fingerprint density at radius 1 is 1.16 bits per heavy atom. The van der Waals surface area contributed by atoms with E-state index in [4.69, 9.17) is 21.2 Å². The summed E-state index contributed by atoms with van der Waals surface area (Å²) in [5.74, 6) is 0.841. The number of rotatable bonds is 7. The van der Waals surface area contributed by atoms with E-state index in [2.05, 4.69) is 23.3 Å². The summed E-state index contributed by atoms with van der Waals surface area (Å²) < 4.78 is 4.96. The highest BCUT2D eigenvalue weighted by atomic mass is 35.5. The van der Waals surface area contributed by atoms with Crippen LogP contribution in [-0.4, -0.2) is 17.8 Å². The van der Waals surface area contributed by atoms with E-state index in [1.807, 2.05) is 66.9 Å². The number of halogens is 1. The second-order valence-corrected chi connectivity index (χ2v) is 9.19. The molecule has 31 heavy (non-hydrogen) atoms. The van der Waals surface area contributed by atoms with Gasteiger partial charge in [0.05, 0.1) is 7.11 Å². The van der Waals surface area contributed by atoms with Crippen LogP contribution in [0.25, 0.3) is 0 Å². The first-order valence-corrected chi connectivity index (χ1v) is 11.5. The Morgan fingerprint density at radius 2 is 1.94 bits per heavy atom. The fraction of sp³-hybridized carbons (Fsp3) is 0.167. The molecule has 2 N–H and O–H groups in total. The standard InChI is InChI=1S/C14H13ClN2S.C10H13NOS/c1-11(10-17-14-4-2-3-9-16-14)18-13-7-5-12(15)6-8-13;1-8(11)9-4-3-5-10(7-6-9)13-12-2/h2-10H,1H3,(H,16,17);3-4,6-7,11H,5H2,1-2H3/b11-10+;. The molecule has 0 saturated heterocycles. The van der Waals surface area contributed by atoms with Crippen LogP contribution in [-0.2, 0) is 4.18 Å². The minimum Gasteiger partial charge on any atom is -0.346 e. The molecule has 1 aliphatic rings. The number of benzene rings is 1. The molecule has 0 atom stereocenters. The van der Waals surface area contributed by atoms with Crippen LogP contribution in [0.4, 0.5) is 5.82 Å². The van der Waals surface area contributed by atoms with Crippen molar-refractivity contribution in [1.29, 1.82) is 5.41 Å². The van der Waals surface area contributed by atoms with Crippen molar-refractivity contribution >= 4 is 46.9 Å². The molecule has 4 nitrogen and oxygen atoms in total. The van der Waals surface area contributed by atoms with Crippen molar-refractivity contribution in [2.24, 2.45) is 0 Å². The Labute approximate surface area is 198 Å². The van der Waals surface area contributed by atoms with Gasteiger partial charge >= 0.3 is 0 Å². The number of hydrogen-bond donors (Lipinski definition) is 2. The maximum atomic E-state index is 7.47. The predicted molar refractivity (Wildman–Crippen MR) is 137 cm³/mol. The lowest BCUT2D eigenvalue weighted by molar-refractivity contribution is 0.492. The Hall–Kier alpha value is -2.25. The molecule has 7 heteroatoms. The van der Waals surface area contributed by atoms with Crippen LogP contribution < -0.4 is 5.32 Å². The molecule has 0 bridgehead atoms. The molecule has 0 fully saturated rings. The smallest absolute Gasteiger partial charge is 0.129 e. The van der Waals surface area contributed by atoms with Crippen LogP contribution >= 0.6 is 35.4 Å². The van der Waals surface area contributed by atoms with E-state index in [0.717, 1.165) is 37.5 Å². The highest BCUT2D eigenvalue weighted by Gasteiger charge is 2.01. The summed E-state index contributed by atoms with van der Waals surface area (Å²) in [6, 6.07) is 13.6. The quantitative estimate of drug-likeness (QED) is 0.244. The lowest BCUT2D eigenvalue weighted by atomic mass is 10.1. The third-order valence-corrected chi connectivity index (χ3v) is 5.75. The normalized spacial score (nSPS) is 13.4. The zero-order valence-corrected chi connectivity index (χ0v) is 20.2. The van der Waals surface area contributed by atoms with Crippen molar-refractivity contribution in [3.8, 4) is 0 Å². The monoisotopic (exact) mass is 471 g/mol. The van der Waals surface area contributed by atoms with Crippen LogP contribution in [0.3, 0.4) is 0 Å². The maximum absolute atomic E-state index is 7.47. The minimum absolute atomic E-state index is 0.594. The Morgan fingerprint density at radius 3 is 2.58 bits per heavy atom.